The van der Waals surface area contributed by atoms with E-state index < -0.39 is 0 Å². The number of hydrogen-bond acceptors (Lipinski definition) is 1. The first-order valence-corrected chi connectivity index (χ1v) is 12.7. The van der Waals surface area contributed by atoms with Crippen molar-refractivity contribution >= 4 is 0 Å². The normalized spacial score (nSPS) is 18.4. The standard InChI is InChI=1S/C35H28O/c1-34(2)28-17-9-10-19-31(28)36-32-21-20-23(22-30(32)34)25-15-11-18-29-33(25)26-14-7-8-16-27(26)35(29,3)24-12-5-4-6-13-24/h4-22H,1-3H3. The molecule has 0 fully saturated rings. The van der Waals surface area contributed by atoms with Crippen LogP contribution in [0.15, 0.2) is 115 Å². The first-order chi connectivity index (χ1) is 17.5. The maximum atomic E-state index is 6.34. The molecule has 36 heavy (non-hydrogen) atoms. The van der Waals surface area contributed by atoms with Gasteiger partial charge >= 0.3 is 0 Å². The molecule has 1 heterocycles. The molecule has 0 N–H and O–H groups in total. The fourth-order valence-electron chi connectivity index (χ4n) is 6.47. The van der Waals surface area contributed by atoms with Crippen molar-refractivity contribution in [3.8, 4) is 33.8 Å². The monoisotopic (exact) mass is 464 g/mol. The summed E-state index contributed by atoms with van der Waals surface area (Å²) in [6, 6.07) is 41.8. The molecular weight excluding hydrogens is 436 g/mol. The van der Waals surface area contributed by atoms with Crippen LogP contribution in [0, 0.1) is 0 Å². The van der Waals surface area contributed by atoms with Gasteiger partial charge < -0.3 is 4.74 Å². The third-order valence-corrected chi connectivity index (χ3v) is 8.43. The quantitative estimate of drug-likeness (QED) is 0.253. The molecule has 1 unspecified atom stereocenters. The van der Waals surface area contributed by atoms with E-state index >= 15 is 0 Å². The fourth-order valence-corrected chi connectivity index (χ4v) is 6.47. The highest BCUT2D eigenvalue weighted by Gasteiger charge is 2.42. The van der Waals surface area contributed by atoms with Crippen LogP contribution in [0.5, 0.6) is 11.5 Å². The van der Waals surface area contributed by atoms with E-state index in [1.54, 1.807) is 0 Å². The zero-order chi connectivity index (χ0) is 24.5. The van der Waals surface area contributed by atoms with Crippen LogP contribution in [0.4, 0.5) is 0 Å². The third kappa shape index (κ3) is 2.77. The first-order valence-electron chi connectivity index (χ1n) is 12.7. The summed E-state index contributed by atoms with van der Waals surface area (Å²) in [4.78, 5) is 0. The summed E-state index contributed by atoms with van der Waals surface area (Å²) in [6.07, 6.45) is 0. The molecule has 0 saturated carbocycles. The molecule has 1 nitrogen and oxygen atoms in total. The largest absolute Gasteiger partial charge is 0.457 e. The lowest BCUT2D eigenvalue weighted by atomic mass is 9.73. The summed E-state index contributed by atoms with van der Waals surface area (Å²) in [5, 5.41) is 0. The highest BCUT2D eigenvalue weighted by atomic mass is 16.5. The molecule has 0 saturated heterocycles. The Morgan fingerprint density at radius 3 is 1.97 bits per heavy atom. The number of hydrogen-bond donors (Lipinski definition) is 0. The average Bonchev–Trinajstić information content (AvgIpc) is 3.19. The van der Waals surface area contributed by atoms with Gasteiger partial charge in [-0.1, -0.05) is 111 Å². The molecule has 1 atom stereocenters. The fraction of sp³-hybridized carbons (Fsp3) is 0.143. The van der Waals surface area contributed by atoms with Gasteiger partial charge in [-0.05, 0) is 64.1 Å². The van der Waals surface area contributed by atoms with Crippen molar-refractivity contribution in [1.82, 2.24) is 0 Å². The van der Waals surface area contributed by atoms with Crippen LogP contribution < -0.4 is 4.74 Å². The van der Waals surface area contributed by atoms with Crippen molar-refractivity contribution in [3.63, 3.8) is 0 Å². The molecule has 0 spiro atoms. The van der Waals surface area contributed by atoms with E-state index in [0.717, 1.165) is 11.5 Å². The van der Waals surface area contributed by atoms with Gasteiger partial charge in [0.25, 0.3) is 0 Å². The molecule has 0 radical (unpaired) electrons. The maximum Gasteiger partial charge on any atom is 0.131 e. The van der Waals surface area contributed by atoms with Crippen LogP contribution in [-0.2, 0) is 10.8 Å². The van der Waals surface area contributed by atoms with Crippen molar-refractivity contribution in [1.29, 1.82) is 0 Å². The number of benzene rings is 5. The summed E-state index contributed by atoms with van der Waals surface area (Å²) in [5.74, 6) is 1.90. The van der Waals surface area contributed by atoms with Gasteiger partial charge in [0.05, 0.1) is 0 Å². The molecule has 2 aliphatic rings. The SMILES string of the molecule is CC1(C)c2ccccc2Oc2ccc(-c3cccc4c3-c3ccccc3C4(C)c3ccccc3)cc21. The van der Waals surface area contributed by atoms with E-state index in [1.807, 2.05) is 6.07 Å². The lowest BCUT2D eigenvalue weighted by molar-refractivity contribution is 0.418. The second-order valence-corrected chi connectivity index (χ2v) is 10.7. The molecule has 7 rings (SSSR count). The van der Waals surface area contributed by atoms with Crippen LogP contribution in [-0.4, -0.2) is 0 Å². The van der Waals surface area contributed by atoms with Gasteiger partial charge in [0.15, 0.2) is 0 Å². The van der Waals surface area contributed by atoms with Gasteiger partial charge in [0.2, 0.25) is 0 Å². The van der Waals surface area contributed by atoms with Gasteiger partial charge in [-0.15, -0.1) is 0 Å². The molecule has 0 aromatic heterocycles. The van der Waals surface area contributed by atoms with Crippen molar-refractivity contribution in [2.24, 2.45) is 0 Å². The lowest BCUT2D eigenvalue weighted by Gasteiger charge is -2.34. The molecule has 5 aromatic carbocycles. The van der Waals surface area contributed by atoms with Gasteiger partial charge in [0.1, 0.15) is 11.5 Å². The minimum atomic E-state index is -0.196. The van der Waals surface area contributed by atoms with Crippen molar-refractivity contribution < 1.29 is 4.74 Å². The molecule has 5 aromatic rings. The van der Waals surface area contributed by atoms with Gasteiger partial charge in [-0.2, -0.15) is 0 Å². The van der Waals surface area contributed by atoms with Gasteiger partial charge in [0, 0.05) is 22.0 Å². The summed E-state index contributed by atoms with van der Waals surface area (Å²) in [6.45, 7) is 6.97. The predicted octanol–water partition coefficient (Wildman–Crippen LogP) is 9.12. The zero-order valence-electron chi connectivity index (χ0n) is 20.9. The van der Waals surface area contributed by atoms with Crippen LogP contribution in [0.2, 0.25) is 0 Å². The van der Waals surface area contributed by atoms with Crippen molar-refractivity contribution in [3.05, 3.63) is 143 Å². The van der Waals surface area contributed by atoms with E-state index in [-0.39, 0.29) is 10.8 Å². The smallest absolute Gasteiger partial charge is 0.131 e. The minimum Gasteiger partial charge on any atom is -0.457 e. The number of ether oxygens (including phenoxy) is 1. The average molecular weight is 465 g/mol. The molecule has 1 aliphatic carbocycles. The Morgan fingerprint density at radius 1 is 0.500 bits per heavy atom. The molecular formula is C35H28O. The minimum absolute atomic E-state index is 0.144. The summed E-state index contributed by atoms with van der Waals surface area (Å²) in [5.41, 5.74) is 11.4. The van der Waals surface area contributed by atoms with E-state index in [4.69, 9.17) is 4.74 Å². The van der Waals surface area contributed by atoms with Crippen molar-refractivity contribution in [2.75, 3.05) is 0 Å². The zero-order valence-corrected chi connectivity index (χ0v) is 20.9. The highest BCUT2D eigenvalue weighted by molar-refractivity contribution is 5.94. The number of rotatable bonds is 2. The van der Waals surface area contributed by atoms with Crippen LogP contribution >= 0.6 is 0 Å². The van der Waals surface area contributed by atoms with Crippen molar-refractivity contribution in [2.45, 2.75) is 31.6 Å². The first kappa shape index (κ1) is 21.2. The third-order valence-electron chi connectivity index (χ3n) is 8.43. The second kappa shape index (κ2) is 7.45. The molecule has 0 amide bonds. The van der Waals surface area contributed by atoms with E-state index in [1.165, 1.54) is 50.1 Å². The van der Waals surface area contributed by atoms with E-state index in [9.17, 15) is 0 Å². The molecule has 1 heteroatoms. The lowest BCUT2D eigenvalue weighted by Crippen LogP contribution is -2.24. The number of fused-ring (bicyclic) bond motifs is 5. The highest BCUT2D eigenvalue weighted by Crippen LogP contribution is 2.56. The topological polar surface area (TPSA) is 9.23 Å². The Hall–Kier alpha value is -4.10. The van der Waals surface area contributed by atoms with Gasteiger partial charge in [-0.25, -0.2) is 0 Å². The Labute approximate surface area is 213 Å². The van der Waals surface area contributed by atoms with Crippen LogP contribution in [0.1, 0.15) is 48.6 Å². The molecule has 174 valence electrons. The number of para-hydroxylation sites is 1. The molecule has 0 bridgehead atoms. The molecule has 1 aliphatic heterocycles. The Bertz CT molecular complexity index is 1640. The summed E-state index contributed by atoms with van der Waals surface area (Å²) >= 11 is 0. The van der Waals surface area contributed by atoms with Crippen LogP contribution in [0.25, 0.3) is 22.3 Å². The summed E-state index contributed by atoms with van der Waals surface area (Å²) < 4.78 is 6.34. The van der Waals surface area contributed by atoms with Gasteiger partial charge in [-0.3, -0.25) is 0 Å². The van der Waals surface area contributed by atoms with E-state index in [2.05, 4.69) is 130 Å². The Morgan fingerprint density at radius 2 is 1.14 bits per heavy atom. The van der Waals surface area contributed by atoms with E-state index in [0.29, 0.717) is 0 Å². The Balaban J connectivity index is 1.46. The van der Waals surface area contributed by atoms with Crippen LogP contribution in [0.3, 0.4) is 0 Å². The predicted molar refractivity (Wildman–Crippen MR) is 148 cm³/mol. The maximum absolute atomic E-state index is 6.34. The summed E-state index contributed by atoms with van der Waals surface area (Å²) in [7, 11) is 0. The Kier molecular flexibility index (Phi) is 4.39. The second-order valence-electron chi connectivity index (χ2n) is 10.7.